The van der Waals surface area contributed by atoms with Gasteiger partial charge in [0, 0.05) is 0 Å². The molecule has 0 heterocycles. The highest BCUT2D eigenvalue weighted by molar-refractivity contribution is 5.89. The maximum absolute atomic E-state index is 11.5. The molecule has 0 atom stereocenters. The largest absolute Gasteiger partial charge is 0.373 e. The van der Waals surface area contributed by atoms with Crippen molar-refractivity contribution in [3.05, 3.63) is 42.3 Å². The zero-order valence-corrected chi connectivity index (χ0v) is 9.57. The lowest BCUT2D eigenvalue weighted by Gasteiger charge is -2.03. The molecule has 3 heteroatoms. The van der Waals surface area contributed by atoms with Gasteiger partial charge in [0.05, 0.1) is 12.2 Å². The Kier molecular flexibility index (Phi) is 5.57. The molecule has 1 aromatic rings. The maximum atomic E-state index is 11.5. The Morgan fingerprint density at radius 2 is 2.19 bits per heavy atom. The van der Waals surface area contributed by atoms with Gasteiger partial charge in [0.15, 0.2) is 0 Å². The van der Waals surface area contributed by atoms with Crippen LogP contribution in [-0.4, -0.2) is 12.6 Å². The molecule has 0 fully saturated rings. The topological polar surface area (TPSA) is 35.5 Å². The number of benzene rings is 1. The van der Waals surface area contributed by atoms with Crippen molar-refractivity contribution in [1.29, 1.82) is 0 Å². The van der Waals surface area contributed by atoms with Crippen molar-refractivity contribution >= 4 is 5.97 Å². The molecule has 1 aromatic carbocycles. The van der Waals surface area contributed by atoms with Crippen molar-refractivity contribution in [3.8, 4) is 0 Å². The molecule has 1 radical (unpaired) electrons. The summed E-state index contributed by atoms with van der Waals surface area (Å²) in [4.78, 5) is 21.0. The first-order valence-electron chi connectivity index (χ1n) is 5.43. The van der Waals surface area contributed by atoms with E-state index in [0.717, 1.165) is 24.8 Å². The number of hydrogen-bond donors (Lipinski definition) is 0. The van der Waals surface area contributed by atoms with Crippen molar-refractivity contribution in [2.45, 2.75) is 26.2 Å². The summed E-state index contributed by atoms with van der Waals surface area (Å²) >= 11 is 0. The van der Waals surface area contributed by atoms with Gasteiger partial charge in [-0.3, -0.25) is 4.89 Å². The highest BCUT2D eigenvalue weighted by atomic mass is 17.2. The fourth-order valence-electron chi connectivity index (χ4n) is 1.25. The van der Waals surface area contributed by atoms with Crippen LogP contribution in [-0.2, 0) is 9.78 Å². The summed E-state index contributed by atoms with van der Waals surface area (Å²) in [7, 11) is 0. The molecule has 0 aliphatic rings. The summed E-state index contributed by atoms with van der Waals surface area (Å²) in [5, 5.41) is 0. The quantitative estimate of drug-likeness (QED) is 0.420. The van der Waals surface area contributed by atoms with Crippen molar-refractivity contribution < 1.29 is 14.6 Å². The number of aryl methyl sites for hydroxylation is 1. The van der Waals surface area contributed by atoms with Gasteiger partial charge in [0.1, 0.15) is 0 Å². The second-order valence-corrected chi connectivity index (χ2v) is 3.62. The second-order valence-electron chi connectivity index (χ2n) is 3.62. The average molecular weight is 221 g/mol. The van der Waals surface area contributed by atoms with Gasteiger partial charge < -0.3 is 0 Å². The van der Waals surface area contributed by atoms with Crippen LogP contribution in [0.3, 0.4) is 0 Å². The van der Waals surface area contributed by atoms with Crippen LogP contribution in [0.15, 0.2) is 24.3 Å². The van der Waals surface area contributed by atoms with Gasteiger partial charge in [0.25, 0.3) is 0 Å². The second kappa shape index (κ2) is 7.01. The Bertz CT molecular complexity index is 334. The van der Waals surface area contributed by atoms with Gasteiger partial charge >= 0.3 is 5.97 Å². The molecule has 0 spiro atoms. The van der Waals surface area contributed by atoms with E-state index in [0.29, 0.717) is 12.2 Å². The first-order valence-corrected chi connectivity index (χ1v) is 5.43. The molecule has 0 amide bonds. The summed E-state index contributed by atoms with van der Waals surface area (Å²) in [5.41, 5.74) is 1.53. The van der Waals surface area contributed by atoms with Crippen LogP contribution in [0.5, 0.6) is 0 Å². The monoisotopic (exact) mass is 221 g/mol. The zero-order valence-electron chi connectivity index (χ0n) is 9.57. The molecule has 0 bridgehead atoms. The smallest absolute Gasteiger partial charge is 0.293 e. The molecule has 0 saturated heterocycles. The lowest BCUT2D eigenvalue weighted by molar-refractivity contribution is -0.241. The fourth-order valence-corrected chi connectivity index (χ4v) is 1.25. The van der Waals surface area contributed by atoms with Crippen LogP contribution in [0.25, 0.3) is 0 Å². The standard InChI is InChI=1S/C13H17O3/c1-3-4-5-9-15-16-13(14)12-8-6-7-11(2)10-12/h6-8,10H,1,3-5,9H2,2H3. The Morgan fingerprint density at radius 1 is 1.38 bits per heavy atom. The summed E-state index contributed by atoms with van der Waals surface area (Å²) in [6.07, 6.45) is 2.70. The van der Waals surface area contributed by atoms with Crippen LogP contribution in [0.2, 0.25) is 0 Å². The molecule has 0 aliphatic heterocycles. The lowest BCUT2D eigenvalue weighted by Crippen LogP contribution is -2.07. The minimum absolute atomic E-state index is 0.424. The lowest BCUT2D eigenvalue weighted by atomic mass is 10.1. The summed E-state index contributed by atoms with van der Waals surface area (Å²) in [5.74, 6) is -0.446. The molecule has 16 heavy (non-hydrogen) atoms. The van der Waals surface area contributed by atoms with Crippen LogP contribution in [0, 0.1) is 13.8 Å². The van der Waals surface area contributed by atoms with E-state index in [4.69, 9.17) is 4.89 Å². The molecule has 87 valence electrons. The molecule has 3 nitrogen and oxygen atoms in total. The number of hydrogen-bond acceptors (Lipinski definition) is 3. The molecular formula is C13H17O3. The average Bonchev–Trinajstić information content (AvgIpc) is 2.28. The van der Waals surface area contributed by atoms with E-state index in [1.54, 1.807) is 12.1 Å². The summed E-state index contributed by atoms with van der Waals surface area (Å²) in [6, 6.07) is 7.21. The SMILES string of the molecule is [CH2]CCCCOOC(=O)c1cccc(C)c1. The fraction of sp³-hybridized carbons (Fsp3) is 0.385. The summed E-state index contributed by atoms with van der Waals surface area (Å²) < 4.78 is 0. The van der Waals surface area contributed by atoms with Gasteiger partial charge in [-0.05, 0) is 25.5 Å². The Labute approximate surface area is 96.3 Å². The van der Waals surface area contributed by atoms with E-state index >= 15 is 0 Å². The highest BCUT2D eigenvalue weighted by Crippen LogP contribution is 2.06. The van der Waals surface area contributed by atoms with Crippen LogP contribution in [0.4, 0.5) is 0 Å². The highest BCUT2D eigenvalue weighted by Gasteiger charge is 2.07. The third-order valence-electron chi connectivity index (χ3n) is 2.12. The van der Waals surface area contributed by atoms with Crippen LogP contribution in [0.1, 0.15) is 35.2 Å². The molecular weight excluding hydrogens is 204 g/mol. The Balaban J connectivity index is 2.30. The predicted octanol–water partition coefficient (Wildman–Crippen LogP) is 3.09. The molecule has 0 unspecified atom stereocenters. The molecule has 0 aromatic heterocycles. The van der Waals surface area contributed by atoms with Crippen molar-refractivity contribution in [2.75, 3.05) is 6.61 Å². The van der Waals surface area contributed by atoms with Crippen molar-refractivity contribution in [3.63, 3.8) is 0 Å². The van der Waals surface area contributed by atoms with E-state index in [1.807, 2.05) is 19.1 Å². The van der Waals surface area contributed by atoms with E-state index in [9.17, 15) is 4.79 Å². The van der Waals surface area contributed by atoms with Gasteiger partial charge in [-0.15, -0.1) is 0 Å². The number of unbranched alkanes of at least 4 members (excludes halogenated alkanes) is 2. The Hall–Kier alpha value is -1.35. The maximum Gasteiger partial charge on any atom is 0.373 e. The van der Waals surface area contributed by atoms with Gasteiger partial charge in [0.2, 0.25) is 0 Å². The predicted molar refractivity (Wildman–Crippen MR) is 61.8 cm³/mol. The zero-order chi connectivity index (χ0) is 11.8. The van der Waals surface area contributed by atoms with Gasteiger partial charge in [-0.1, -0.05) is 37.5 Å². The van der Waals surface area contributed by atoms with E-state index < -0.39 is 5.97 Å². The van der Waals surface area contributed by atoms with E-state index in [-0.39, 0.29) is 0 Å². The Morgan fingerprint density at radius 3 is 2.88 bits per heavy atom. The number of rotatable bonds is 6. The van der Waals surface area contributed by atoms with Crippen molar-refractivity contribution in [2.24, 2.45) is 0 Å². The molecule has 0 N–H and O–H groups in total. The van der Waals surface area contributed by atoms with Crippen LogP contribution >= 0.6 is 0 Å². The number of carbonyl (C=O) groups excluding carboxylic acids is 1. The first-order chi connectivity index (χ1) is 7.74. The summed E-state index contributed by atoms with van der Waals surface area (Å²) in [6.45, 7) is 6.06. The van der Waals surface area contributed by atoms with E-state index in [1.165, 1.54) is 0 Å². The minimum atomic E-state index is -0.446. The van der Waals surface area contributed by atoms with Gasteiger partial charge in [-0.25, -0.2) is 4.79 Å². The minimum Gasteiger partial charge on any atom is -0.293 e. The molecule has 0 aliphatic carbocycles. The van der Waals surface area contributed by atoms with E-state index in [2.05, 4.69) is 11.8 Å². The normalized spacial score (nSPS) is 10.1. The van der Waals surface area contributed by atoms with Crippen LogP contribution < -0.4 is 0 Å². The third kappa shape index (κ3) is 4.45. The number of carbonyl (C=O) groups is 1. The third-order valence-corrected chi connectivity index (χ3v) is 2.12. The molecule has 1 rings (SSSR count). The first kappa shape index (κ1) is 12.7. The van der Waals surface area contributed by atoms with Crippen molar-refractivity contribution in [1.82, 2.24) is 0 Å². The molecule has 0 saturated carbocycles. The van der Waals surface area contributed by atoms with Gasteiger partial charge in [-0.2, -0.15) is 4.89 Å².